The third kappa shape index (κ3) is 3.92. The van der Waals surface area contributed by atoms with Crippen molar-refractivity contribution >= 4 is 17.2 Å². The molecule has 0 aromatic carbocycles. The van der Waals surface area contributed by atoms with Crippen LogP contribution >= 0.6 is 12.2 Å². The minimum absolute atomic E-state index is 0.682. The molecule has 0 amide bonds. The maximum atomic E-state index is 5.80. The zero-order chi connectivity index (χ0) is 12.1. The molecule has 0 aromatic rings. The highest BCUT2D eigenvalue weighted by molar-refractivity contribution is 7.80. The van der Waals surface area contributed by atoms with Crippen LogP contribution < -0.4 is 5.73 Å². The number of nitrogens with two attached hydrogens (primary N) is 1. The van der Waals surface area contributed by atoms with Gasteiger partial charge in [0.2, 0.25) is 0 Å². The van der Waals surface area contributed by atoms with E-state index in [0.717, 1.165) is 18.6 Å². The molecule has 2 nitrogen and oxygen atoms in total. The van der Waals surface area contributed by atoms with Crippen LogP contribution in [0.1, 0.15) is 64.2 Å². The van der Waals surface area contributed by atoms with Crippen LogP contribution in [0.15, 0.2) is 0 Å². The zero-order valence-electron chi connectivity index (χ0n) is 10.9. The third-order valence-corrected chi connectivity index (χ3v) is 4.55. The predicted molar refractivity (Wildman–Crippen MR) is 77.2 cm³/mol. The summed E-state index contributed by atoms with van der Waals surface area (Å²) in [4.78, 5) is 3.34. The smallest absolute Gasteiger partial charge is 0.0870 e. The molecule has 2 aliphatic rings. The van der Waals surface area contributed by atoms with Crippen LogP contribution in [-0.4, -0.2) is 28.5 Å². The van der Waals surface area contributed by atoms with Crippen molar-refractivity contribution in [2.75, 3.05) is 6.54 Å². The van der Waals surface area contributed by atoms with Crippen LogP contribution in [0.5, 0.6) is 0 Å². The molecule has 2 saturated carbocycles. The quantitative estimate of drug-likeness (QED) is 0.617. The number of rotatable bonds is 4. The first-order valence-corrected chi connectivity index (χ1v) is 7.72. The summed E-state index contributed by atoms with van der Waals surface area (Å²) in [5.41, 5.74) is 5.80. The Morgan fingerprint density at radius 1 is 0.882 bits per heavy atom. The van der Waals surface area contributed by atoms with Crippen molar-refractivity contribution in [3.8, 4) is 0 Å². The zero-order valence-corrected chi connectivity index (χ0v) is 11.7. The maximum absolute atomic E-state index is 5.80. The monoisotopic (exact) mass is 254 g/mol. The summed E-state index contributed by atoms with van der Waals surface area (Å²) in [5, 5.41) is 0. The Hall–Kier alpha value is -0.150. The Labute approximate surface area is 111 Å². The molecule has 2 fully saturated rings. The molecule has 0 aromatic heterocycles. The second kappa shape index (κ2) is 6.69. The lowest BCUT2D eigenvalue weighted by molar-refractivity contribution is 0.144. The first-order valence-electron chi connectivity index (χ1n) is 7.31. The molecule has 0 spiro atoms. The minimum Gasteiger partial charge on any atom is -0.392 e. The summed E-state index contributed by atoms with van der Waals surface area (Å²) in [7, 11) is 0. The molecule has 0 atom stereocenters. The lowest BCUT2D eigenvalue weighted by atomic mass is 10.0. The average Bonchev–Trinajstić information content (AvgIpc) is 2.68. The van der Waals surface area contributed by atoms with E-state index in [2.05, 4.69) is 4.90 Å². The average molecular weight is 254 g/mol. The Balaban J connectivity index is 1.98. The number of hydrogen-bond donors (Lipinski definition) is 1. The molecule has 0 bridgehead atoms. The standard InChI is InChI=1S/C14H26N2S/c15-14(17)11-16(13-9-5-6-10-13)12-7-3-1-2-4-8-12/h12-13H,1-11H2,(H2,15,17). The van der Waals surface area contributed by atoms with E-state index in [9.17, 15) is 0 Å². The van der Waals surface area contributed by atoms with Crippen molar-refractivity contribution in [2.24, 2.45) is 5.73 Å². The normalized spacial score (nSPS) is 24.1. The molecule has 0 unspecified atom stereocenters. The first kappa shape index (κ1) is 13.3. The van der Waals surface area contributed by atoms with Crippen LogP contribution in [0.25, 0.3) is 0 Å². The molecule has 2 rings (SSSR count). The van der Waals surface area contributed by atoms with Gasteiger partial charge in [0.25, 0.3) is 0 Å². The molecule has 17 heavy (non-hydrogen) atoms. The fourth-order valence-electron chi connectivity index (χ4n) is 3.56. The van der Waals surface area contributed by atoms with Crippen LogP contribution in [-0.2, 0) is 0 Å². The van der Waals surface area contributed by atoms with Crippen molar-refractivity contribution < 1.29 is 0 Å². The van der Waals surface area contributed by atoms with Crippen molar-refractivity contribution in [3.63, 3.8) is 0 Å². The van der Waals surface area contributed by atoms with E-state index in [-0.39, 0.29) is 0 Å². The van der Waals surface area contributed by atoms with Gasteiger partial charge in [-0.2, -0.15) is 0 Å². The predicted octanol–water partition coefficient (Wildman–Crippen LogP) is 3.24. The Kier molecular flexibility index (Phi) is 5.23. The van der Waals surface area contributed by atoms with E-state index in [1.165, 1.54) is 64.2 Å². The van der Waals surface area contributed by atoms with E-state index in [4.69, 9.17) is 18.0 Å². The van der Waals surface area contributed by atoms with Crippen molar-refractivity contribution in [1.82, 2.24) is 4.90 Å². The van der Waals surface area contributed by atoms with Gasteiger partial charge in [0.1, 0.15) is 0 Å². The molecular weight excluding hydrogens is 228 g/mol. The lowest BCUT2D eigenvalue weighted by Gasteiger charge is -2.35. The van der Waals surface area contributed by atoms with Gasteiger partial charge in [0, 0.05) is 18.6 Å². The summed E-state index contributed by atoms with van der Waals surface area (Å²) in [6.07, 6.45) is 13.9. The first-order chi connectivity index (χ1) is 8.27. The van der Waals surface area contributed by atoms with E-state index in [1.807, 2.05) is 0 Å². The van der Waals surface area contributed by atoms with Crippen molar-refractivity contribution in [1.29, 1.82) is 0 Å². The van der Waals surface area contributed by atoms with Gasteiger partial charge >= 0.3 is 0 Å². The summed E-state index contributed by atoms with van der Waals surface area (Å²) in [6.45, 7) is 0.852. The van der Waals surface area contributed by atoms with Crippen LogP contribution in [0.2, 0.25) is 0 Å². The van der Waals surface area contributed by atoms with Gasteiger partial charge in [-0.25, -0.2) is 0 Å². The Morgan fingerprint density at radius 2 is 1.29 bits per heavy atom. The van der Waals surface area contributed by atoms with Crippen LogP contribution in [0.4, 0.5) is 0 Å². The topological polar surface area (TPSA) is 29.3 Å². The molecule has 0 aliphatic heterocycles. The van der Waals surface area contributed by atoms with E-state index in [1.54, 1.807) is 0 Å². The van der Waals surface area contributed by atoms with Gasteiger partial charge < -0.3 is 5.73 Å². The molecular formula is C14H26N2S. The number of hydrogen-bond acceptors (Lipinski definition) is 2. The largest absolute Gasteiger partial charge is 0.392 e. The highest BCUT2D eigenvalue weighted by Crippen LogP contribution is 2.30. The third-order valence-electron chi connectivity index (χ3n) is 4.43. The van der Waals surface area contributed by atoms with Gasteiger partial charge in [-0.05, 0) is 25.7 Å². The highest BCUT2D eigenvalue weighted by atomic mass is 32.1. The molecule has 2 aliphatic carbocycles. The van der Waals surface area contributed by atoms with Crippen LogP contribution in [0.3, 0.4) is 0 Å². The molecule has 98 valence electrons. The highest BCUT2D eigenvalue weighted by Gasteiger charge is 2.29. The van der Waals surface area contributed by atoms with Gasteiger partial charge in [-0.3, -0.25) is 4.90 Å². The Morgan fingerprint density at radius 3 is 1.71 bits per heavy atom. The van der Waals surface area contributed by atoms with Crippen LogP contribution in [0, 0.1) is 0 Å². The van der Waals surface area contributed by atoms with E-state index >= 15 is 0 Å². The van der Waals surface area contributed by atoms with Crippen molar-refractivity contribution in [3.05, 3.63) is 0 Å². The fourth-order valence-corrected chi connectivity index (χ4v) is 3.71. The number of thiocarbonyl (C=S) groups is 1. The summed E-state index contributed by atoms with van der Waals surface area (Å²) in [5.74, 6) is 0. The molecule has 0 radical (unpaired) electrons. The SMILES string of the molecule is NC(=S)CN(C1CCCCCC1)C1CCCC1. The Bertz CT molecular complexity index is 241. The van der Waals surface area contributed by atoms with Gasteiger partial charge in [0.15, 0.2) is 0 Å². The summed E-state index contributed by atoms with van der Waals surface area (Å²) >= 11 is 5.15. The number of nitrogens with zero attached hydrogens (tertiary/aromatic N) is 1. The summed E-state index contributed by atoms with van der Waals surface area (Å²) < 4.78 is 0. The second-order valence-corrected chi connectivity index (χ2v) is 6.25. The molecule has 0 saturated heterocycles. The summed E-state index contributed by atoms with van der Waals surface area (Å²) in [6, 6.07) is 1.52. The molecule has 2 N–H and O–H groups in total. The second-order valence-electron chi connectivity index (χ2n) is 5.72. The van der Waals surface area contributed by atoms with Gasteiger partial charge in [-0.15, -0.1) is 0 Å². The fraction of sp³-hybridized carbons (Fsp3) is 0.929. The van der Waals surface area contributed by atoms with Gasteiger partial charge in [-0.1, -0.05) is 50.7 Å². The van der Waals surface area contributed by atoms with Gasteiger partial charge in [0.05, 0.1) is 4.99 Å². The minimum atomic E-state index is 0.682. The molecule has 3 heteroatoms. The van der Waals surface area contributed by atoms with E-state index in [0.29, 0.717) is 4.99 Å². The maximum Gasteiger partial charge on any atom is 0.0870 e. The molecule has 0 heterocycles. The van der Waals surface area contributed by atoms with E-state index < -0.39 is 0 Å². The van der Waals surface area contributed by atoms with Crippen molar-refractivity contribution in [2.45, 2.75) is 76.3 Å². The lowest BCUT2D eigenvalue weighted by Crippen LogP contribution is -2.46.